The van der Waals surface area contributed by atoms with Crippen molar-refractivity contribution in [1.82, 2.24) is 14.7 Å². The van der Waals surface area contributed by atoms with E-state index >= 15 is 0 Å². The Balaban J connectivity index is 4.26. The van der Waals surface area contributed by atoms with Crippen molar-refractivity contribution in [3.8, 4) is 0 Å². The molecule has 0 heterocycles. The molecule has 0 rings (SSSR count). The highest BCUT2D eigenvalue weighted by Gasteiger charge is 2.16. The summed E-state index contributed by atoms with van der Waals surface area (Å²) >= 11 is 4.31. The predicted molar refractivity (Wildman–Crippen MR) is 90.2 cm³/mol. The van der Waals surface area contributed by atoms with Gasteiger partial charge in [0, 0.05) is 50.2 Å². The Morgan fingerprint density at radius 1 is 0.737 bits per heavy atom. The van der Waals surface area contributed by atoms with E-state index in [1.54, 1.807) is 0 Å². The molecule has 0 radical (unpaired) electrons. The van der Waals surface area contributed by atoms with Gasteiger partial charge in [-0.25, -0.2) is 0 Å². The number of rotatable bonds is 10. The smallest absolute Gasteiger partial charge is 0.0411 e. The molecule has 0 aromatic rings. The van der Waals surface area contributed by atoms with Crippen molar-refractivity contribution in [3.05, 3.63) is 0 Å². The normalized spacial score (nSPS) is 12.9. The van der Waals surface area contributed by atoms with Crippen molar-refractivity contribution in [2.24, 2.45) is 0 Å². The van der Waals surface area contributed by atoms with Crippen LogP contribution in [0.3, 0.4) is 0 Å². The number of thiol groups is 1. The topological polar surface area (TPSA) is 9.72 Å². The SMILES string of the molecule is CC(C)N(CCN(C)CS)CCN(C(C)C)C(C)C. The number of nitrogens with zero attached hydrogens (tertiary/aromatic N) is 3. The van der Waals surface area contributed by atoms with Gasteiger partial charge < -0.3 is 0 Å². The first kappa shape index (κ1) is 19.2. The molecular formula is C15H35N3S. The Bertz CT molecular complexity index is 211. The quantitative estimate of drug-likeness (QED) is 0.490. The maximum atomic E-state index is 4.31. The summed E-state index contributed by atoms with van der Waals surface area (Å²) in [5.74, 6) is 0.829. The van der Waals surface area contributed by atoms with E-state index in [9.17, 15) is 0 Å². The van der Waals surface area contributed by atoms with Gasteiger partial charge in [-0.2, -0.15) is 12.6 Å². The Labute approximate surface area is 126 Å². The summed E-state index contributed by atoms with van der Waals surface area (Å²) < 4.78 is 0. The largest absolute Gasteiger partial charge is 0.298 e. The minimum atomic E-state index is 0.606. The molecule has 0 fully saturated rings. The Morgan fingerprint density at radius 3 is 1.58 bits per heavy atom. The van der Waals surface area contributed by atoms with Gasteiger partial charge in [-0.3, -0.25) is 14.7 Å². The van der Waals surface area contributed by atoms with E-state index in [0.717, 1.165) is 32.1 Å². The zero-order chi connectivity index (χ0) is 15.0. The highest BCUT2D eigenvalue weighted by molar-refractivity contribution is 7.80. The van der Waals surface area contributed by atoms with Crippen LogP contribution >= 0.6 is 12.6 Å². The molecule has 0 aliphatic carbocycles. The standard InChI is InChI=1S/C15H35N3S/c1-13(2)17(9-8-16(7)12-19)10-11-18(14(3)4)15(5)6/h13-15,19H,8-12H2,1-7H3. The molecule has 0 aliphatic rings. The third-order valence-corrected chi connectivity index (χ3v) is 4.20. The van der Waals surface area contributed by atoms with Crippen LogP contribution < -0.4 is 0 Å². The molecule has 0 amide bonds. The van der Waals surface area contributed by atoms with Crippen molar-refractivity contribution in [2.75, 3.05) is 39.1 Å². The first-order chi connectivity index (χ1) is 8.79. The van der Waals surface area contributed by atoms with Gasteiger partial charge >= 0.3 is 0 Å². The highest BCUT2D eigenvalue weighted by atomic mass is 32.1. The molecule has 3 nitrogen and oxygen atoms in total. The lowest BCUT2D eigenvalue weighted by molar-refractivity contribution is 0.124. The molecule has 0 bridgehead atoms. The van der Waals surface area contributed by atoms with E-state index in [2.05, 4.69) is 75.9 Å². The van der Waals surface area contributed by atoms with Crippen molar-refractivity contribution < 1.29 is 0 Å². The summed E-state index contributed by atoms with van der Waals surface area (Å²) in [6, 6.07) is 1.85. The third kappa shape index (κ3) is 8.18. The minimum Gasteiger partial charge on any atom is -0.298 e. The zero-order valence-electron chi connectivity index (χ0n) is 14.1. The van der Waals surface area contributed by atoms with Gasteiger partial charge in [0.1, 0.15) is 0 Å². The van der Waals surface area contributed by atoms with E-state index in [-0.39, 0.29) is 0 Å². The Morgan fingerprint density at radius 2 is 1.21 bits per heavy atom. The molecule has 0 aromatic heterocycles. The summed E-state index contributed by atoms with van der Waals surface area (Å²) in [6.07, 6.45) is 0. The van der Waals surface area contributed by atoms with Crippen molar-refractivity contribution in [1.29, 1.82) is 0 Å². The second-order valence-electron chi connectivity index (χ2n) is 6.28. The van der Waals surface area contributed by atoms with Gasteiger partial charge in [0.05, 0.1) is 0 Å². The maximum Gasteiger partial charge on any atom is 0.0411 e. The van der Waals surface area contributed by atoms with E-state index in [4.69, 9.17) is 0 Å². The van der Waals surface area contributed by atoms with Gasteiger partial charge in [-0.1, -0.05) is 0 Å². The maximum absolute atomic E-state index is 4.31. The Kier molecular flexibility index (Phi) is 10.2. The number of likely N-dealkylation sites (N-methyl/N-ethyl adjacent to an activating group) is 1. The van der Waals surface area contributed by atoms with Crippen LogP contribution in [0.4, 0.5) is 0 Å². The molecule has 0 saturated carbocycles. The highest BCUT2D eigenvalue weighted by Crippen LogP contribution is 2.06. The molecule has 0 unspecified atom stereocenters. The van der Waals surface area contributed by atoms with Crippen LogP contribution in [0.1, 0.15) is 41.5 Å². The van der Waals surface area contributed by atoms with Crippen molar-refractivity contribution in [3.63, 3.8) is 0 Å². The fraction of sp³-hybridized carbons (Fsp3) is 1.00. The average Bonchev–Trinajstić information content (AvgIpc) is 2.31. The molecule has 0 aliphatic heterocycles. The van der Waals surface area contributed by atoms with E-state index in [0.29, 0.717) is 18.1 Å². The molecule has 0 spiro atoms. The van der Waals surface area contributed by atoms with E-state index in [1.807, 2.05) is 0 Å². The van der Waals surface area contributed by atoms with Gasteiger partial charge in [0.15, 0.2) is 0 Å². The van der Waals surface area contributed by atoms with Crippen molar-refractivity contribution >= 4 is 12.6 Å². The first-order valence-electron chi connectivity index (χ1n) is 7.58. The molecule has 116 valence electrons. The second kappa shape index (κ2) is 10.0. The molecule has 0 aromatic carbocycles. The van der Waals surface area contributed by atoms with Crippen molar-refractivity contribution in [2.45, 2.75) is 59.7 Å². The second-order valence-corrected chi connectivity index (χ2v) is 6.56. The van der Waals surface area contributed by atoms with Gasteiger partial charge in [-0.15, -0.1) is 0 Å². The molecule has 0 saturated heterocycles. The lowest BCUT2D eigenvalue weighted by Gasteiger charge is -2.35. The molecular weight excluding hydrogens is 254 g/mol. The third-order valence-electron chi connectivity index (χ3n) is 3.71. The fourth-order valence-corrected chi connectivity index (χ4v) is 2.50. The fourth-order valence-electron chi connectivity index (χ4n) is 2.35. The van der Waals surface area contributed by atoms with E-state index in [1.165, 1.54) is 0 Å². The summed E-state index contributed by atoms with van der Waals surface area (Å²) in [4.78, 5) is 7.39. The molecule has 19 heavy (non-hydrogen) atoms. The van der Waals surface area contributed by atoms with Gasteiger partial charge in [0.25, 0.3) is 0 Å². The van der Waals surface area contributed by atoms with Crippen LogP contribution in [-0.4, -0.2) is 71.9 Å². The summed E-state index contributed by atoms with van der Waals surface area (Å²) in [6.45, 7) is 18.2. The Hall–Kier alpha value is 0.230. The monoisotopic (exact) mass is 289 g/mol. The van der Waals surface area contributed by atoms with E-state index < -0.39 is 0 Å². The minimum absolute atomic E-state index is 0.606. The summed E-state index contributed by atoms with van der Waals surface area (Å²) in [7, 11) is 2.13. The zero-order valence-corrected chi connectivity index (χ0v) is 15.0. The first-order valence-corrected chi connectivity index (χ1v) is 8.22. The molecule has 0 atom stereocenters. The summed E-state index contributed by atoms with van der Waals surface area (Å²) in [5.41, 5.74) is 0. The van der Waals surface area contributed by atoms with Gasteiger partial charge in [-0.05, 0) is 48.6 Å². The predicted octanol–water partition coefficient (Wildman–Crippen LogP) is 2.63. The van der Waals surface area contributed by atoms with Crippen LogP contribution in [0.25, 0.3) is 0 Å². The summed E-state index contributed by atoms with van der Waals surface area (Å²) in [5, 5.41) is 0. The molecule has 4 heteroatoms. The number of hydrogen-bond acceptors (Lipinski definition) is 4. The number of hydrogen-bond donors (Lipinski definition) is 1. The average molecular weight is 290 g/mol. The van der Waals surface area contributed by atoms with Crippen LogP contribution in [0.2, 0.25) is 0 Å². The van der Waals surface area contributed by atoms with Crippen LogP contribution in [0.5, 0.6) is 0 Å². The lowest BCUT2D eigenvalue weighted by Crippen LogP contribution is -2.45. The molecule has 0 N–H and O–H groups in total. The van der Waals surface area contributed by atoms with Crippen LogP contribution in [0.15, 0.2) is 0 Å². The van der Waals surface area contributed by atoms with Crippen LogP contribution in [-0.2, 0) is 0 Å². The lowest BCUT2D eigenvalue weighted by atomic mass is 10.2. The van der Waals surface area contributed by atoms with Crippen LogP contribution in [0, 0.1) is 0 Å². The van der Waals surface area contributed by atoms with Gasteiger partial charge in [0.2, 0.25) is 0 Å².